The molecule has 1 aromatic heterocycles. The van der Waals surface area contributed by atoms with Crippen LogP contribution in [0.5, 0.6) is 5.75 Å². The SMILES string of the molecule is COCCn1cc(-c2ccc(O)c(F)c2F)cn1. The van der Waals surface area contributed by atoms with Crippen molar-refractivity contribution in [2.45, 2.75) is 6.54 Å². The van der Waals surface area contributed by atoms with Gasteiger partial charge in [0.15, 0.2) is 11.6 Å². The highest BCUT2D eigenvalue weighted by molar-refractivity contribution is 5.63. The summed E-state index contributed by atoms with van der Waals surface area (Å²) >= 11 is 0. The zero-order chi connectivity index (χ0) is 13.1. The van der Waals surface area contributed by atoms with Crippen LogP contribution in [-0.2, 0) is 11.3 Å². The Hall–Kier alpha value is -1.95. The molecule has 0 radical (unpaired) electrons. The van der Waals surface area contributed by atoms with Gasteiger partial charge in [-0.2, -0.15) is 9.49 Å². The van der Waals surface area contributed by atoms with E-state index in [4.69, 9.17) is 9.84 Å². The van der Waals surface area contributed by atoms with E-state index in [0.717, 1.165) is 6.07 Å². The molecular formula is C12H12F2N2O2. The van der Waals surface area contributed by atoms with Crippen LogP contribution in [0, 0.1) is 11.6 Å². The van der Waals surface area contributed by atoms with Crippen LogP contribution in [0.3, 0.4) is 0 Å². The second-order valence-corrected chi connectivity index (χ2v) is 3.75. The molecule has 0 spiro atoms. The van der Waals surface area contributed by atoms with Gasteiger partial charge in [0, 0.05) is 24.4 Å². The maximum Gasteiger partial charge on any atom is 0.200 e. The molecule has 1 heterocycles. The first-order valence-corrected chi connectivity index (χ1v) is 5.32. The van der Waals surface area contributed by atoms with Crippen LogP contribution in [0.1, 0.15) is 0 Å². The van der Waals surface area contributed by atoms with Crippen LogP contribution in [0.2, 0.25) is 0 Å². The van der Waals surface area contributed by atoms with E-state index in [-0.39, 0.29) is 5.56 Å². The molecule has 2 rings (SSSR count). The maximum atomic E-state index is 13.6. The lowest BCUT2D eigenvalue weighted by atomic mass is 10.1. The fourth-order valence-electron chi connectivity index (χ4n) is 1.57. The van der Waals surface area contributed by atoms with Crippen LogP contribution in [0.25, 0.3) is 11.1 Å². The summed E-state index contributed by atoms with van der Waals surface area (Å²) in [6.45, 7) is 1.01. The maximum absolute atomic E-state index is 13.6. The number of phenolic OH excluding ortho intramolecular Hbond substituents is 1. The van der Waals surface area contributed by atoms with Gasteiger partial charge in [-0.3, -0.25) is 4.68 Å². The van der Waals surface area contributed by atoms with Crippen LogP contribution < -0.4 is 0 Å². The molecule has 18 heavy (non-hydrogen) atoms. The molecule has 0 saturated heterocycles. The van der Waals surface area contributed by atoms with Gasteiger partial charge in [0.1, 0.15) is 0 Å². The fraction of sp³-hybridized carbons (Fsp3) is 0.250. The number of halogens is 2. The van der Waals surface area contributed by atoms with Gasteiger partial charge in [-0.1, -0.05) is 0 Å². The van der Waals surface area contributed by atoms with Crippen LogP contribution in [0.15, 0.2) is 24.5 Å². The second kappa shape index (κ2) is 5.14. The predicted molar refractivity (Wildman–Crippen MR) is 61.1 cm³/mol. The Morgan fingerprint density at radius 1 is 1.33 bits per heavy atom. The summed E-state index contributed by atoms with van der Waals surface area (Å²) < 4.78 is 33.3. The van der Waals surface area contributed by atoms with Crippen molar-refractivity contribution in [1.29, 1.82) is 0 Å². The third kappa shape index (κ3) is 2.33. The highest BCUT2D eigenvalue weighted by atomic mass is 19.2. The summed E-state index contributed by atoms with van der Waals surface area (Å²) in [5, 5.41) is 13.0. The molecule has 0 bridgehead atoms. The first-order chi connectivity index (χ1) is 8.63. The molecule has 0 aliphatic rings. The van der Waals surface area contributed by atoms with E-state index in [1.54, 1.807) is 18.0 Å². The third-order valence-electron chi connectivity index (χ3n) is 2.53. The molecule has 0 atom stereocenters. The van der Waals surface area contributed by atoms with Crippen molar-refractivity contribution < 1.29 is 18.6 Å². The number of nitrogens with zero attached hydrogens (tertiary/aromatic N) is 2. The number of methoxy groups -OCH3 is 1. The molecule has 0 fully saturated rings. The van der Waals surface area contributed by atoms with Gasteiger partial charge in [-0.15, -0.1) is 0 Å². The minimum absolute atomic E-state index is 0.0639. The number of aromatic nitrogens is 2. The minimum Gasteiger partial charge on any atom is -0.505 e. The molecule has 0 unspecified atom stereocenters. The Bertz CT molecular complexity index is 555. The Balaban J connectivity index is 2.31. The molecule has 6 heteroatoms. The lowest BCUT2D eigenvalue weighted by molar-refractivity contribution is 0.183. The molecule has 0 amide bonds. The monoisotopic (exact) mass is 254 g/mol. The zero-order valence-electron chi connectivity index (χ0n) is 9.73. The minimum atomic E-state index is -1.25. The summed E-state index contributed by atoms with van der Waals surface area (Å²) in [4.78, 5) is 0. The summed E-state index contributed by atoms with van der Waals surface area (Å²) in [5.74, 6) is -3.04. The molecule has 1 aromatic carbocycles. The van der Waals surface area contributed by atoms with Crippen LogP contribution in [0.4, 0.5) is 8.78 Å². The fourth-order valence-corrected chi connectivity index (χ4v) is 1.57. The third-order valence-corrected chi connectivity index (χ3v) is 2.53. The number of phenols is 1. The molecule has 96 valence electrons. The van der Waals surface area contributed by atoms with Crippen molar-refractivity contribution in [3.63, 3.8) is 0 Å². The number of ether oxygens (including phenoxy) is 1. The molecule has 0 aliphatic heterocycles. The molecule has 2 aromatic rings. The lowest BCUT2D eigenvalue weighted by Gasteiger charge is -2.02. The number of hydrogen-bond donors (Lipinski definition) is 1. The van der Waals surface area contributed by atoms with E-state index in [1.165, 1.54) is 12.3 Å². The van der Waals surface area contributed by atoms with Crippen molar-refractivity contribution >= 4 is 0 Å². The molecule has 0 aliphatic carbocycles. The molecule has 0 saturated carbocycles. The predicted octanol–water partition coefficient (Wildman–Crippen LogP) is 2.18. The number of benzene rings is 1. The largest absolute Gasteiger partial charge is 0.505 e. The Morgan fingerprint density at radius 3 is 2.83 bits per heavy atom. The van der Waals surface area contributed by atoms with Gasteiger partial charge < -0.3 is 9.84 Å². The Kier molecular flexibility index (Phi) is 3.57. The Morgan fingerprint density at radius 2 is 2.11 bits per heavy atom. The van der Waals surface area contributed by atoms with E-state index < -0.39 is 17.4 Å². The van der Waals surface area contributed by atoms with Gasteiger partial charge in [-0.25, -0.2) is 4.39 Å². The average molecular weight is 254 g/mol. The van der Waals surface area contributed by atoms with E-state index in [0.29, 0.717) is 18.7 Å². The summed E-state index contributed by atoms with van der Waals surface area (Å²) in [5.41, 5.74) is 0.511. The van der Waals surface area contributed by atoms with Crippen molar-refractivity contribution in [1.82, 2.24) is 9.78 Å². The molecule has 1 N–H and O–H groups in total. The van der Waals surface area contributed by atoms with Crippen molar-refractivity contribution in [3.05, 3.63) is 36.2 Å². The van der Waals surface area contributed by atoms with Crippen LogP contribution >= 0.6 is 0 Å². The standard InChI is InChI=1S/C12H12F2N2O2/c1-18-5-4-16-7-8(6-15-16)9-2-3-10(17)12(14)11(9)13/h2-3,6-7,17H,4-5H2,1H3. The number of rotatable bonds is 4. The smallest absolute Gasteiger partial charge is 0.200 e. The number of hydrogen-bond acceptors (Lipinski definition) is 3. The van der Waals surface area contributed by atoms with Crippen LogP contribution in [-0.4, -0.2) is 28.6 Å². The zero-order valence-corrected chi connectivity index (χ0v) is 9.73. The van der Waals surface area contributed by atoms with E-state index >= 15 is 0 Å². The van der Waals surface area contributed by atoms with Gasteiger partial charge in [0.2, 0.25) is 5.82 Å². The van der Waals surface area contributed by atoms with Gasteiger partial charge in [0.05, 0.1) is 19.3 Å². The molecular weight excluding hydrogens is 242 g/mol. The highest BCUT2D eigenvalue weighted by Crippen LogP contribution is 2.28. The summed E-state index contributed by atoms with van der Waals surface area (Å²) in [6.07, 6.45) is 3.03. The lowest BCUT2D eigenvalue weighted by Crippen LogP contribution is -2.03. The first kappa shape index (κ1) is 12.5. The van der Waals surface area contributed by atoms with Gasteiger partial charge >= 0.3 is 0 Å². The molecule has 4 nitrogen and oxygen atoms in total. The van der Waals surface area contributed by atoms with Crippen molar-refractivity contribution in [3.8, 4) is 16.9 Å². The normalized spacial score (nSPS) is 10.8. The second-order valence-electron chi connectivity index (χ2n) is 3.75. The topological polar surface area (TPSA) is 47.3 Å². The van der Waals surface area contributed by atoms with Crippen molar-refractivity contribution in [2.75, 3.05) is 13.7 Å². The Labute approximate surface area is 102 Å². The first-order valence-electron chi connectivity index (χ1n) is 5.32. The van der Waals surface area contributed by atoms with E-state index in [9.17, 15) is 8.78 Å². The van der Waals surface area contributed by atoms with E-state index in [2.05, 4.69) is 5.10 Å². The van der Waals surface area contributed by atoms with Gasteiger partial charge in [0.25, 0.3) is 0 Å². The highest BCUT2D eigenvalue weighted by Gasteiger charge is 2.15. The quantitative estimate of drug-likeness (QED) is 0.909. The van der Waals surface area contributed by atoms with E-state index in [1.807, 2.05) is 0 Å². The summed E-state index contributed by atoms with van der Waals surface area (Å²) in [6, 6.07) is 2.42. The summed E-state index contributed by atoms with van der Waals surface area (Å²) in [7, 11) is 1.57. The number of aromatic hydroxyl groups is 1. The van der Waals surface area contributed by atoms with Gasteiger partial charge in [-0.05, 0) is 12.1 Å². The van der Waals surface area contributed by atoms with Crippen molar-refractivity contribution in [2.24, 2.45) is 0 Å². The average Bonchev–Trinajstić information content (AvgIpc) is 2.82.